The van der Waals surface area contributed by atoms with E-state index in [0.29, 0.717) is 18.4 Å². The molecular formula is C38H58ClN3O2. The Bertz CT molecular complexity index is 1140. The topological polar surface area (TPSA) is 37.0 Å². The van der Waals surface area contributed by atoms with E-state index >= 15 is 0 Å². The Morgan fingerprint density at radius 1 is 1.09 bits per heavy atom. The maximum Gasteiger partial charge on any atom is 0.119 e. The molecular weight excluding hydrogens is 566 g/mol. The fourth-order valence-electron chi connectivity index (χ4n) is 6.46. The molecule has 5 unspecified atom stereocenters. The number of hydrogen-bond acceptors (Lipinski definition) is 5. The Morgan fingerprint density at radius 2 is 1.86 bits per heavy atom. The van der Waals surface area contributed by atoms with Gasteiger partial charge < -0.3 is 14.5 Å². The monoisotopic (exact) mass is 623 g/mol. The smallest absolute Gasteiger partial charge is 0.119 e. The van der Waals surface area contributed by atoms with E-state index in [-0.39, 0.29) is 5.92 Å². The molecule has 3 rings (SSSR count). The van der Waals surface area contributed by atoms with Gasteiger partial charge in [0.15, 0.2) is 0 Å². The van der Waals surface area contributed by atoms with Crippen LogP contribution in [0.1, 0.15) is 94.7 Å². The molecule has 5 atom stereocenters. The molecule has 1 fully saturated rings. The van der Waals surface area contributed by atoms with Crippen molar-refractivity contribution in [3.05, 3.63) is 89.2 Å². The molecule has 0 heterocycles. The number of unbranched alkanes of at least 4 members (excludes halogenated alkanes) is 1. The number of ether oxygens (including phenoxy) is 1. The molecule has 244 valence electrons. The molecule has 6 heteroatoms. The molecule has 1 saturated carbocycles. The van der Waals surface area contributed by atoms with Gasteiger partial charge in [0.1, 0.15) is 12.0 Å². The van der Waals surface area contributed by atoms with Crippen molar-refractivity contribution >= 4 is 11.6 Å². The van der Waals surface area contributed by atoms with E-state index in [1.165, 1.54) is 35.8 Å². The van der Waals surface area contributed by atoms with Crippen LogP contribution in [0.25, 0.3) is 0 Å². The summed E-state index contributed by atoms with van der Waals surface area (Å²) in [6.45, 7) is 16.4. The summed E-state index contributed by atoms with van der Waals surface area (Å²) in [5.74, 6) is 3.88. The lowest BCUT2D eigenvalue weighted by Crippen LogP contribution is -2.40. The SMILES string of the molecule is C=CONN(C)CCC/C=C/C(C)C1CCC1CN(C)CC(COc1ccc(C(C)CC)cc1)c1ccc(Cl)cc1CCC. The summed E-state index contributed by atoms with van der Waals surface area (Å²) in [4.78, 5) is 7.56. The number of benzene rings is 2. The normalized spacial score (nSPS) is 18.8. The van der Waals surface area contributed by atoms with Gasteiger partial charge in [-0.15, -0.1) is 0 Å². The van der Waals surface area contributed by atoms with Crippen molar-refractivity contribution in [2.45, 2.75) is 84.5 Å². The highest BCUT2D eigenvalue weighted by atomic mass is 35.5. The van der Waals surface area contributed by atoms with Crippen molar-refractivity contribution < 1.29 is 9.57 Å². The van der Waals surface area contributed by atoms with Crippen LogP contribution in [0.3, 0.4) is 0 Å². The van der Waals surface area contributed by atoms with Crippen LogP contribution in [0.4, 0.5) is 0 Å². The fourth-order valence-corrected chi connectivity index (χ4v) is 6.66. The summed E-state index contributed by atoms with van der Waals surface area (Å²) in [7, 11) is 4.27. The first-order valence-electron chi connectivity index (χ1n) is 16.8. The number of allylic oxidation sites excluding steroid dienone is 2. The van der Waals surface area contributed by atoms with Crippen LogP contribution in [-0.2, 0) is 11.3 Å². The summed E-state index contributed by atoms with van der Waals surface area (Å²) in [6.07, 6.45) is 14.3. The first-order chi connectivity index (χ1) is 21.2. The van der Waals surface area contributed by atoms with Gasteiger partial charge in [0.25, 0.3) is 0 Å². The zero-order valence-corrected chi connectivity index (χ0v) is 29.0. The van der Waals surface area contributed by atoms with E-state index in [4.69, 9.17) is 21.2 Å². The second-order valence-corrected chi connectivity index (χ2v) is 13.4. The molecule has 44 heavy (non-hydrogen) atoms. The van der Waals surface area contributed by atoms with Crippen LogP contribution >= 0.6 is 11.6 Å². The van der Waals surface area contributed by atoms with Gasteiger partial charge in [-0.1, -0.05) is 88.2 Å². The zero-order chi connectivity index (χ0) is 31.9. The third-order valence-electron chi connectivity index (χ3n) is 9.40. The van der Waals surface area contributed by atoms with Gasteiger partial charge in [-0.05, 0) is 110 Å². The van der Waals surface area contributed by atoms with Crippen molar-refractivity contribution in [2.75, 3.05) is 40.3 Å². The number of aryl methyl sites for hydroxylation is 1. The summed E-state index contributed by atoms with van der Waals surface area (Å²) >= 11 is 6.45. The molecule has 1 aliphatic carbocycles. The predicted molar refractivity (Wildman–Crippen MR) is 187 cm³/mol. The average Bonchev–Trinajstić information content (AvgIpc) is 3.00. The molecule has 2 aromatic rings. The van der Waals surface area contributed by atoms with Gasteiger partial charge in [-0.3, -0.25) is 0 Å². The zero-order valence-electron chi connectivity index (χ0n) is 28.2. The lowest BCUT2D eigenvalue weighted by atomic mass is 9.67. The highest BCUT2D eigenvalue weighted by Crippen LogP contribution is 2.41. The third-order valence-corrected chi connectivity index (χ3v) is 9.64. The Balaban J connectivity index is 1.59. The van der Waals surface area contributed by atoms with Gasteiger partial charge in [-0.25, -0.2) is 5.01 Å². The van der Waals surface area contributed by atoms with Crippen LogP contribution in [0.15, 0.2) is 67.5 Å². The average molecular weight is 624 g/mol. The van der Waals surface area contributed by atoms with Crippen molar-refractivity contribution in [3.8, 4) is 5.75 Å². The minimum atomic E-state index is 0.272. The molecule has 0 amide bonds. The Labute approximate surface area is 273 Å². The molecule has 0 radical (unpaired) electrons. The summed E-state index contributed by atoms with van der Waals surface area (Å²) in [6, 6.07) is 15.2. The first-order valence-corrected chi connectivity index (χ1v) is 17.2. The Kier molecular flexibility index (Phi) is 15.8. The van der Waals surface area contributed by atoms with Gasteiger partial charge in [-0.2, -0.15) is 0 Å². The largest absolute Gasteiger partial charge is 0.493 e. The van der Waals surface area contributed by atoms with Gasteiger partial charge in [0, 0.05) is 37.6 Å². The van der Waals surface area contributed by atoms with Crippen LogP contribution in [-0.4, -0.2) is 50.2 Å². The Morgan fingerprint density at radius 3 is 2.52 bits per heavy atom. The maximum absolute atomic E-state index is 6.47. The minimum Gasteiger partial charge on any atom is -0.493 e. The molecule has 0 saturated heterocycles. The molecule has 1 N–H and O–H groups in total. The molecule has 2 aromatic carbocycles. The van der Waals surface area contributed by atoms with E-state index in [0.717, 1.165) is 74.3 Å². The minimum absolute atomic E-state index is 0.272. The van der Waals surface area contributed by atoms with E-state index in [9.17, 15) is 0 Å². The fraction of sp³-hybridized carbons (Fsp3) is 0.579. The summed E-state index contributed by atoms with van der Waals surface area (Å²) in [5.41, 5.74) is 6.92. The van der Waals surface area contributed by atoms with Gasteiger partial charge >= 0.3 is 0 Å². The number of hydrogen-bond donors (Lipinski definition) is 1. The number of rotatable bonds is 21. The standard InChI is InChI=1S/C38H58ClN3O2/c1-8-14-32-25-35(39)19-23-38(32)34(28-43-36-20-16-31(17-21-36)29(4)9-2)27-41(6)26-33-18-22-37(33)30(5)15-12-11-13-24-42(7)40-44-10-3/h10,12,15-17,19-21,23,25,29-30,33-34,37,40H,3,8-9,11,13-14,18,22,24,26-28H2,1-2,4-7H3/b15-12+. The third kappa shape index (κ3) is 11.6. The summed E-state index contributed by atoms with van der Waals surface area (Å²) in [5, 5.41) is 2.75. The van der Waals surface area contributed by atoms with Crippen molar-refractivity contribution in [2.24, 2.45) is 17.8 Å². The van der Waals surface area contributed by atoms with E-state index in [1.807, 2.05) is 18.1 Å². The summed E-state index contributed by atoms with van der Waals surface area (Å²) < 4.78 is 6.47. The van der Waals surface area contributed by atoms with Crippen LogP contribution in [0, 0.1) is 17.8 Å². The van der Waals surface area contributed by atoms with E-state index in [1.54, 1.807) is 0 Å². The van der Waals surface area contributed by atoms with Crippen LogP contribution < -0.4 is 10.3 Å². The highest BCUT2D eigenvalue weighted by molar-refractivity contribution is 6.30. The van der Waals surface area contributed by atoms with E-state index in [2.05, 4.69) is 100 Å². The number of likely N-dealkylation sites (N-methyl/N-ethyl adjacent to an activating group) is 1. The first kappa shape index (κ1) is 36.2. The lowest BCUT2D eigenvalue weighted by Gasteiger charge is -2.42. The number of nitrogens with one attached hydrogen (secondary N) is 1. The Hall–Kier alpha value is -2.31. The molecule has 0 bridgehead atoms. The second kappa shape index (κ2) is 19.3. The molecule has 1 aliphatic rings. The predicted octanol–water partition coefficient (Wildman–Crippen LogP) is 9.41. The van der Waals surface area contributed by atoms with Crippen LogP contribution in [0.2, 0.25) is 5.02 Å². The molecule has 0 spiro atoms. The van der Waals surface area contributed by atoms with Crippen LogP contribution in [0.5, 0.6) is 5.75 Å². The molecule has 0 aromatic heterocycles. The van der Waals surface area contributed by atoms with Crippen molar-refractivity contribution in [1.29, 1.82) is 0 Å². The maximum atomic E-state index is 6.47. The van der Waals surface area contributed by atoms with E-state index < -0.39 is 0 Å². The lowest BCUT2D eigenvalue weighted by molar-refractivity contribution is -0.0149. The molecule has 0 aliphatic heterocycles. The van der Waals surface area contributed by atoms with Crippen molar-refractivity contribution in [3.63, 3.8) is 0 Å². The quantitative estimate of drug-likeness (QED) is 0.0649. The van der Waals surface area contributed by atoms with Crippen molar-refractivity contribution in [1.82, 2.24) is 15.5 Å². The van der Waals surface area contributed by atoms with Gasteiger partial charge in [0.05, 0.1) is 6.61 Å². The number of halogens is 1. The van der Waals surface area contributed by atoms with Gasteiger partial charge in [0.2, 0.25) is 0 Å². The number of nitrogens with zero attached hydrogens (tertiary/aromatic N) is 2. The molecule has 5 nitrogen and oxygen atoms in total. The second-order valence-electron chi connectivity index (χ2n) is 12.9. The highest BCUT2D eigenvalue weighted by Gasteiger charge is 2.34. The number of hydrazine groups is 1.